The third kappa shape index (κ3) is 5.28. The molecule has 0 aromatic heterocycles. The maximum Gasteiger partial charge on any atom is 0.171 e. The van der Waals surface area contributed by atoms with Crippen molar-refractivity contribution in [2.24, 2.45) is 0 Å². The summed E-state index contributed by atoms with van der Waals surface area (Å²) in [5.41, 5.74) is 6.27. The van der Waals surface area contributed by atoms with Gasteiger partial charge in [-0.3, -0.25) is 0 Å². The van der Waals surface area contributed by atoms with Crippen LogP contribution in [0.4, 0.5) is 5.69 Å². The van der Waals surface area contributed by atoms with E-state index in [1.165, 1.54) is 27.2 Å². The van der Waals surface area contributed by atoms with E-state index in [4.69, 9.17) is 12.2 Å². The van der Waals surface area contributed by atoms with E-state index in [-0.39, 0.29) is 0 Å². The minimum Gasteiger partial charge on any atom is -0.356 e. The third-order valence-electron chi connectivity index (χ3n) is 4.81. The molecule has 3 N–H and O–H groups in total. The molecular formula is C21H30N3S+. The van der Waals surface area contributed by atoms with Crippen LogP contribution in [0.3, 0.4) is 0 Å². The van der Waals surface area contributed by atoms with Crippen molar-refractivity contribution in [1.82, 2.24) is 5.32 Å². The number of quaternary nitrogens is 1. The predicted molar refractivity (Wildman–Crippen MR) is 112 cm³/mol. The van der Waals surface area contributed by atoms with Gasteiger partial charge in [0.1, 0.15) is 6.04 Å². The van der Waals surface area contributed by atoms with Crippen LogP contribution in [0.15, 0.2) is 42.5 Å². The molecule has 0 heterocycles. The highest BCUT2D eigenvalue weighted by Gasteiger charge is 2.18. The van der Waals surface area contributed by atoms with E-state index in [9.17, 15) is 0 Å². The van der Waals surface area contributed by atoms with E-state index in [2.05, 4.69) is 88.0 Å². The lowest BCUT2D eigenvalue weighted by Gasteiger charge is -2.23. The largest absolute Gasteiger partial charge is 0.356 e. The van der Waals surface area contributed by atoms with Crippen LogP contribution >= 0.6 is 12.2 Å². The number of benzene rings is 2. The summed E-state index contributed by atoms with van der Waals surface area (Å²) in [6, 6.07) is 15.5. The fraction of sp³-hybridized carbons (Fsp3) is 0.381. The summed E-state index contributed by atoms with van der Waals surface area (Å²) in [5.74, 6) is 0. The Kier molecular flexibility index (Phi) is 6.97. The van der Waals surface area contributed by atoms with Crippen LogP contribution in [0.25, 0.3) is 0 Å². The summed E-state index contributed by atoms with van der Waals surface area (Å²) in [7, 11) is 4.36. The summed E-state index contributed by atoms with van der Waals surface area (Å²) in [5, 5.41) is 7.38. The van der Waals surface area contributed by atoms with Crippen molar-refractivity contribution in [1.29, 1.82) is 0 Å². The number of anilines is 1. The second kappa shape index (κ2) is 8.97. The maximum absolute atomic E-state index is 5.50. The van der Waals surface area contributed by atoms with E-state index in [1.54, 1.807) is 0 Å². The minimum atomic E-state index is 0.351. The van der Waals surface area contributed by atoms with E-state index in [0.29, 0.717) is 11.2 Å². The monoisotopic (exact) mass is 356 g/mol. The van der Waals surface area contributed by atoms with Crippen molar-refractivity contribution < 1.29 is 4.90 Å². The van der Waals surface area contributed by atoms with Gasteiger partial charge in [0.2, 0.25) is 0 Å². The van der Waals surface area contributed by atoms with Gasteiger partial charge in [-0.1, -0.05) is 43.3 Å². The smallest absolute Gasteiger partial charge is 0.171 e. The SMILES string of the molecule is CCc1ccc([C@@H](CNC(=S)Nc2cccc(C)c2C)[NH+](C)C)cc1. The highest BCUT2D eigenvalue weighted by atomic mass is 32.1. The van der Waals surface area contributed by atoms with Crippen molar-refractivity contribution in [3.05, 3.63) is 64.7 Å². The predicted octanol–water partition coefficient (Wildman–Crippen LogP) is 3.04. The fourth-order valence-electron chi connectivity index (χ4n) is 2.89. The van der Waals surface area contributed by atoms with E-state index < -0.39 is 0 Å². The molecule has 25 heavy (non-hydrogen) atoms. The average Bonchev–Trinajstić information content (AvgIpc) is 2.59. The van der Waals surface area contributed by atoms with Gasteiger partial charge in [-0.05, 0) is 55.2 Å². The number of hydrogen-bond acceptors (Lipinski definition) is 1. The quantitative estimate of drug-likeness (QED) is 0.695. The zero-order valence-corrected chi connectivity index (χ0v) is 16.8. The molecule has 0 radical (unpaired) electrons. The Morgan fingerprint density at radius 3 is 2.36 bits per heavy atom. The molecule has 2 rings (SSSR count). The molecule has 4 heteroatoms. The number of hydrogen-bond donors (Lipinski definition) is 3. The first kappa shape index (κ1) is 19.4. The average molecular weight is 357 g/mol. The van der Waals surface area contributed by atoms with Crippen molar-refractivity contribution in [3.8, 4) is 0 Å². The summed E-state index contributed by atoms with van der Waals surface area (Å²) in [6.45, 7) is 7.21. The molecule has 134 valence electrons. The third-order valence-corrected chi connectivity index (χ3v) is 5.05. The van der Waals surface area contributed by atoms with Gasteiger partial charge < -0.3 is 15.5 Å². The number of thiocarbonyl (C=S) groups is 1. The molecule has 2 aromatic rings. The highest BCUT2D eigenvalue weighted by Crippen LogP contribution is 2.18. The molecule has 0 fully saturated rings. The molecule has 1 atom stereocenters. The Morgan fingerprint density at radius 2 is 1.76 bits per heavy atom. The van der Waals surface area contributed by atoms with Crippen LogP contribution < -0.4 is 15.5 Å². The fourth-order valence-corrected chi connectivity index (χ4v) is 3.08. The first-order valence-electron chi connectivity index (χ1n) is 8.92. The van der Waals surface area contributed by atoms with Crippen LogP contribution in [0, 0.1) is 13.8 Å². The Bertz CT molecular complexity index is 708. The van der Waals surface area contributed by atoms with Gasteiger partial charge in [0.05, 0.1) is 20.6 Å². The van der Waals surface area contributed by atoms with Gasteiger partial charge in [0.15, 0.2) is 5.11 Å². The molecule has 0 bridgehead atoms. The summed E-state index contributed by atoms with van der Waals surface area (Å²) < 4.78 is 0. The summed E-state index contributed by atoms with van der Waals surface area (Å²) in [6.07, 6.45) is 1.07. The second-order valence-corrected chi connectivity index (χ2v) is 7.22. The van der Waals surface area contributed by atoms with Crippen LogP contribution in [0.5, 0.6) is 0 Å². The molecule has 0 unspecified atom stereocenters. The Labute approximate surface area is 157 Å². The van der Waals surface area contributed by atoms with Gasteiger partial charge in [-0.15, -0.1) is 0 Å². The topological polar surface area (TPSA) is 28.5 Å². The molecule has 2 aromatic carbocycles. The highest BCUT2D eigenvalue weighted by molar-refractivity contribution is 7.80. The number of nitrogens with one attached hydrogen (secondary N) is 3. The zero-order valence-electron chi connectivity index (χ0n) is 15.9. The van der Waals surface area contributed by atoms with E-state index >= 15 is 0 Å². The standard InChI is InChI=1S/C21H29N3S/c1-6-17-10-12-18(13-11-17)20(24(4)5)14-22-21(25)23-19-9-7-8-15(2)16(19)3/h7-13,20H,6,14H2,1-5H3,(H2,22,23,25)/p+1/t20-/m1/s1. The Hall–Kier alpha value is -1.91. The summed E-state index contributed by atoms with van der Waals surface area (Å²) in [4.78, 5) is 1.38. The van der Waals surface area contributed by atoms with Crippen molar-refractivity contribution >= 4 is 23.0 Å². The van der Waals surface area contributed by atoms with E-state index in [0.717, 1.165) is 18.7 Å². The van der Waals surface area contributed by atoms with Gasteiger partial charge in [-0.2, -0.15) is 0 Å². The zero-order chi connectivity index (χ0) is 18.4. The molecule has 0 amide bonds. The lowest BCUT2D eigenvalue weighted by Crippen LogP contribution is -3.07. The number of aryl methyl sites for hydroxylation is 2. The van der Waals surface area contributed by atoms with Crippen molar-refractivity contribution in [3.63, 3.8) is 0 Å². The van der Waals surface area contributed by atoms with E-state index in [1.807, 2.05) is 0 Å². The van der Waals surface area contributed by atoms with Crippen molar-refractivity contribution in [2.75, 3.05) is 26.0 Å². The molecule has 3 nitrogen and oxygen atoms in total. The second-order valence-electron chi connectivity index (χ2n) is 6.81. The minimum absolute atomic E-state index is 0.351. The Balaban J connectivity index is 2.00. The normalized spacial score (nSPS) is 12.1. The summed E-state index contributed by atoms with van der Waals surface area (Å²) >= 11 is 5.50. The number of likely N-dealkylation sites (N-methyl/N-ethyl adjacent to an activating group) is 1. The van der Waals surface area contributed by atoms with Gasteiger partial charge in [-0.25, -0.2) is 0 Å². The lowest BCUT2D eigenvalue weighted by atomic mass is 10.0. The van der Waals surface area contributed by atoms with Crippen LogP contribution in [-0.4, -0.2) is 25.8 Å². The molecule has 0 saturated carbocycles. The number of rotatable bonds is 6. The van der Waals surface area contributed by atoms with Gasteiger partial charge in [0, 0.05) is 11.3 Å². The molecule has 0 aliphatic rings. The first-order valence-corrected chi connectivity index (χ1v) is 9.33. The van der Waals surface area contributed by atoms with Crippen LogP contribution in [0.2, 0.25) is 0 Å². The molecule has 0 spiro atoms. The lowest BCUT2D eigenvalue weighted by molar-refractivity contribution is -0.890. The van der Waals surface area contributed by atoms with Crippen molar-refractivity contribution in [2.45, 2.75) is 33.2 Å². The molecular weight excluding hydrogens is 326 g/mol. The van der Waals surface area contributed by atoms with Gasteiger partial charge >= 0.3 is 0 Å². The maximum atomic E-state index is 5.50. The molecule has 0 aliphatic carbocycles. The van der Waals surface area contributed by atoms with Crippen LogP contribution in [-0.2, 0) is 6.42 Å². The Morgan fingerprint density at radius 1 is 1.08 bits per heavy atom. The van der Waals surface area contributed by atoms with Crippen LogP contribution in [0.1, 0.15) is 35.2 Å². The first-order chi connectivity index (χ1) is 11.9. The molecule has 0 aliphatic heterocycles. The van der Waals surface area contributed by atoms with Gasteiger partial charge in [0.25, 0.3) is 0 Å². The molecule has 0 saturated heterocycles.